The lowest BCUT2D eigenvalue weighted by Crippen LogP contribution is -2.49. The summed E-state index contributed by atoms with van der Waals surface area (Å²) in [7, 11) is 0. The normalized spacial score (nSPS) is 20.1. The zero-order valence-corrected chi connectivity index (χ0v) is 17.9. The Morgan fingerprint density at radius 1 is 1.03 bits per heavy atom. The lowest BCUT2D eigenvalue weighted by atomic mass is 10.00. The molecule has 0 bridgehead atoms. The van der Waals surface area contributed by atoms with Crippen LogP contribution in [0.5, 0.6) is 0 Å². The van der Waals surface area contributed by atoms with Crippen molar-refractivity contribution in [1.29, 1.82) is 0 Å². The summed E-state index contributed by atoms with van der Waals surface area (Å²) < 4.78 is 0. The van der Waals surface area contributed by atoms with Gasteiger partial charge in [0.2, 0.25) is 0 Å². The standard InChI is InChI=1S/C24H32N4O/c1-18-6-5-11-28(17-18)21-9-10-25-22(16-21)24(29)27-14-12-26(13-15-27)23-8-4-7-19(2)20(23)3/h4,7-10,16,18H,5-6,11-15,17H2,1-3H3. The lowest BCUT2D eigenvalue weighted by molar-refractivity contribution is 0.0741. The minimum absolute atomic E-state index is 0.0533. The van der Waals surface area contributed by atoms with Crippen molar-refractivity contribution in [2.24, 2.45) is 5.92 Å². The molecule has 1 aromatic carbocycles. The van der Waals surface area contributed by atoms with E-state index < -0.39 is 0 Å². The first-order valence-corrected chi connectivity index (χ1v) is 10.8. The fraction of sp³-hybridized carbons (Fsp3) is 0.500. The highest BCUT2D eigenvalue weighted by Gasteiger charge is 2.25. The molecule has 4 rings (SSSR count). The van der Waals surface area contributed by atoms with Gasteiger partial charge in [-0.3, -0.25) is 9.78 Å². The van der Waals surface area contributed by atoms with Gasteiger partial charge in [0.25, 0.3) is 5.91 Å². The quantitative estimate of drug-likeness (QED) is 0.794. The molecule has 1 amide bonds. The highest BCUT2D eigenvalue weighted by atomic mass is 16.2. The number of nitrogens with zero attached hydrogens (tertiary/aromatic N) is 4. The summed E-state index contributed by atoms with van der Waals surface area (Å²) in [6.45, 7) is 12.0. The summed E-state index contributed by atoms with van der Waals surface area (Å²) in [5, 5.41) is 0. The fourth-order valence-electron chi connectivity index (χ4n) is 4.55. The molecule has 2 fully saturated rings. The second-order valence-corrected chi connectivity index (χ2v) is 8.59. The fourth-order valence-corrected chi connectivity index (χ4v) is 4.55. The van der Waals surface area contributed by atoms with Gasteiger partial charge < -0.3 is 14.7 Å². The van der Waals surface area contributed by atoms with Crippen molar-refractivity contribution in [2.45, 2.75) is 33.6 Å². The molecule has 3 heterocycles. The topological polar surface area (TPSA) is 39.7 Å². The molecule has 5 heteroatoms. The van der Waals surface area contributed by atoms with E-state index in [0.717, 1.165) is 45.0 Å². The van der Waals surface area contributed by atoms with E-state index in [1.807, 2.05) is 17.0 Å². The van der Waals surface area contributed by atoms with E-state index in [2.05, 4.69) is 53.8 Å². The molecule has 2 aliphatic rings. The molecule has 0 radical (unpaired) electrons. The predicted octanol–water partition coefficient (Wildman–Crippen LogP) is 3.90. The molecule has 2 aromatic rings. The highest BCUT2D eigenvalue weighted by molar-refractivity contribution is 5.93. The molecule has 2 aliphatic heterocycles. The van der Waals surface area contributed by atoms with Crippen LogP contribution in [0.4, 0.5) is 11.4 Å². The second kappa shape index (κ2) is 8.44. The Bertz CT molecular complexity index is 873. The van der Waals surface area contributed by atoms with Crippen LogP contribution in [0.1, 0.15) is 41.4 Å². The van der Waals surface area contributed by atoms with Gasteiger partial charge in [0.1, 0.15) is 5.69 Å². The largest absolute Gasteiger partial charge is 0.371 e. The third-order valence-electron chi connectivity index (χ3n) is 6.47. The first kappa shape index (κ1) is 19.7. The monoisotopic (exact) mass is 392 g/mol. The van der Waals surface area contributed by atoms with Crippen LogP contribution in [0.25, 0.3) is 0 Å². The van der Waals surface area contributed by atoms with Crippen LogP contribution in [0.2, 0.25) is 0 Å². The molecular weight excluding hydrogens is 360 g/mol. The molecule has 1 aromatic heterocycles. The van der Waals surface area contributed by atoms with Crippen LogP contribution in [-0.4, -0.2) is 55.1 Å². The van der Waals surface area contributed by atoms with Gasteiger partial charge in [-0.2, -0.15) is 0 Å². The second-order valence-electron chi connectivity index (χ2n) is 8.59. The first-order chi connectivity index (χ1) is 14.0. The predicted molar refractivity (Wildman–Crippen MR) is 119 cm³/mol. The summed E-state index contributed by atoms with van der Waals surface area (Å²) in [5.41, 5.74) is 5.63. The first-order valence-electron chi connectivity index (χ1n) is 10.8. The number of amides is 1. The molecule has 0 aliphatic carbocycles. The average molecular weight is 393 g/mol. The summed E-state index contributed by atoms with van der Waals surface area (Å²) in [4.78, 5) is 24.2. The smallest absolute Gasteiger partial charge is 0.272 e. The van der Waals surface area contributed by atoms with Crippen LogP contribution in [-0.2, 0) is 0 Å². The van der Waals surface area contributed by atoms with Gasteiger partial charge in [-0.1, -0.05) is 19.1 Å². The third kappa shape index (κ3) is 4.24. The maximum Gasteiger partial charge on any atom is 0.272 e. The highest BCUT2D eigenvalue weighted by Crippen LogP contribution is 2.25. The SMILES string of the molecule is Cc1cccc(N2CCN(C(=O)c3cc(N4CCCC(C)C4)ccn3)CC2)c1C. The summed E-state index contributed by atoms with van der Waals surface area (Å²) in [6.07, 6.45) is 4.29. The van der Waals surface area contributed by atoms with E-state index in [1.54, 1.807) is 6.20 Å². The van der Waals surface area contributed by atoms with Gasteiger partial charge in [0, 0.05) is 56.8 Å². The van der Waals surface area contributed by atoms with E-state index in [0.29, 0.717) is 11.6 Å². The molecule has 1 unspecified atom stereocenters. The van der Waals surface area contributed by atoms with Crippen LogP contribution in [0.3, 0.4) is 0 Å². The van der Waals surface area contributed by atoms with Gasteiger partial charge in [-0.25, -0.2) is 0 Å². The van der Waals surface area contributed by atoms with Gasteiger partial charge in [0.15, 0.2) is 0 Å². The van der Waals surface area contributed by atoms with Crippen molar-refractivity contribution in [1.82, 2.24) is 9.88 Å². The van der Waals surface area contributed by atoms with Gasteiger partial charge >= 0.3 is 0 Å². The molecule has 5 nitrogen and oxygen atoms in total. The number of aryl methyl sites for hydroxylation is 1. The minimum Gasteiger partial charge on any atom is -0.371 e. The molecule has 0 saturated carbocycles. The Morgan fingerprint density at radius 3 is 2.59 bits per heavy atom. The number of carbonyl (C=O) groups excluding carboxylic acids is 1. The van der Waals surface area contributed by atoms with Crippen molar-refractivity contribution in [2.75, 3.05) is 49.1 Å². The molecule has 1 atom stereocenters. The van der Waals surface area contributed by atoms with Crippen LogP contribution < -0.4 is 9.80 Å². The van der Waals surface area contributed by atoms with Crippen LogP contribution in [0.15, 0.2) is 36.5 Å². The zero-order valence-electron chi connectivity index (χ0n) is 17.9. The number of piperidine rings is 1. The Labute approximate surface area is 174 Å². The van der Waals surface area contributed by atoms with Gasteiger partial charge in [0.05, 0.1) is 0 Å². The third-order valence-corrected chi connectivity index (χ3v) is 6.47. The molecule has 0 spiro atoms. The van der Waals surface area contributed by atoms with Crippen molar-refractivity contribution in [3.8, 4) is 0 Å². The molecule has 0 N–H and O–H groups in total. The molecule has 29 heavy (non-hydrogen) atoms. The number of anilines is 2. The number of rotatable bonds is 3. The maximum absolute atomic E-state index is 13.1. The number of hydrogen-bond acceptors (Lipinski definition) is 4. The van der Waals surface area contributed by atoms with E-state index in [1.165, 1.54) is 29.7 Å². The number of aromatic nitrogens is 1. The summed E-state index contributed by atoms with van der Waals surface area (Å²) in [6, 6.07) is 10.5. The van der Waals surface area contributed by atoms with Crippen LogP contribution in [0, 0.1) is 19.8 Å². The molecule has 2 saturated heterocycles. The minimum atomic E-state index is 0.0533. The zero-order chi connectivity index (χ0) is 20.4. The van der Waals surface area contributed by atoms with E-state index in [-0.39, 0.29) is 5.91 Å². The Hall–Kier alpha value is -2.56. The van der Waals surface area contributed by atoms with Crippen molar-refractivity contribution < 1.29 is 4.79 Å². The van der Waals surface area contributed by atoms with Gasteiger partial charge in [-0.05, 0) is 61.9 Å². The van der Waals surface area contributed by atoms with E-state index in [4.69, 9.17) is 0 Å². The number of pyridine rings is 1. The van der Waals surface area contributed by atoms with Gasteiger partial charge in [-0.15, -0.1) is 0 Å². The van der Waals surface area contributed by atoms with E-state index in [9.17, 15) is 4.79 Å². The Kier molecular flexibility index (Phi) is 5.74. The van der Waals surface area contributed by atoms with Crippen molar-refractivity contribution >= 4 is 17.3 Å². The maximum atomic E-state index is 13.1. The lowest BCUT2D eigenvalue weighted by Gasteiger charge is -2.37. The summed E-state index contributed by atoms with van der Waals surface area (Å²) in [5.74, 6) is 0.756. The van der Waals surface area contributed by atoms with Crippen LogP contribution >= 0.6 is 0 Å². The number of benzene rings is 1. The van der Waals surface area contributed by atoms with Crippen molar-refractivity contribution in [3.05, 3.63) is 53.3 Å². The Morgan fingerprint density at radius 2 is 1.83 bits per heavy atom. The molecular formula is C24H32N4O. The molecule has 154 valence electrons. The average Bonchev–Trinajstić information content (AvgIpc) is 2.75. The van der Waals surface area contributed by atoms with Crippen molar-refractivity contribution in [3.63, 3.8) is 0 Å². The number of carbonyl (C=O) groups is 1. The number of piperazine rings is 1. The summed E-state index contributed by atoms with van der Waals surface area (Å²) >= 11 is 0. The number of hydrogen-bond donors (Lipinski definition) is 0. The Balaban J connectivity index is 1.42. The van der Waals surface area contributed by atoms with E-state index >= 15 is 0 Å².